The Hall–Kier alpha value is -3.12. The summed E-state index contributed by atoms with van der Waals surface area (Å²) >= 11 is 0. The van der Waals surface area contributed by atoms with Crippen LogP contribution >= 0.6 is 0 Å². The van der Waals surface area contributed by atoms with Gasteiger partial charge < -0.3 is 0 Å². The van der Waals surface area contributed by atoms with Crippen LogP contribution in [0.2, 0.25) is 0 Å². The molecule has 0 atom stereocenters. The Morgan fingerprint density at radius 3 is 2.35 bits per heavy atom. The van der Waals surface area contributed by atoms with E-state index in [-0.39, 0.29) is 5.56 Å². The average Bonchev–Trinajstić information content (AvgIpc) is 2.56. The Balaban J connectivity index is 1.89. The molecule has 3 heteroatoms. The molecule has 0 amide bonds. The zero-order valence-electron chi connectivity index (χ0n) is 13.1. The van der Waals surface area contributed by atoms with Gasteiger partial charge in [0.25, 0.3) is 5.56 Å². The third kappa shape index (κ3) is 3.56. The summed E-state index contributed by atoms with van der Waals surface area (Å²) in [5.41, 5.74) is 5.79. The summed E-state index contributed by atoms with van der Waals surface area (Å²) in [6, 6.07) is 17.3. The van der Waals surface area contributed by atoms with E-state index in [0.717, 1.165) is 27.9 Å². The van der Waals surface area contributed by atoms with Gasteiger partial charge in [-0.1, -0.05) is 35.6 Å². The van der Waals surface area contributed by atoms with Gasteiger partial charge in [-0.3, -0.25) is 4.79 Å². The first-order valence-corrected chi connectivity index (χ1v) is 7.37. The molecule has 23 heavy (non-hydrogen) atoms. The second-order valence-corrected chi connectivity index (χ2v) is 5.45. The first-order valence-electron chi connectivity index (χ1n) is 7.37. The smallest absolute Gasteiger partial charge is 0.264 e. The van der Waals surface area contributed by atoms with Crippen molar-refractivity contribution in [1.82, 2.24) is 10.2 Å². The van der Waals surface area contributed by atoms with Crippen LogP contribution in [0, 0.1) is 25.7 Å². The third-order valence-electron chi connectivity index (χ3n) is 3.59. The highest BCUT2D eigenvalue weighted by Crippen LogP contribution is 2.19. The second kappa shape index (κ2) is 6.33. The van der Waals surface area contributed by atoms with E-state index in [9.17, 15) is 4.79 Å². The Morgan fingerprint density at radius 1 is 0.913 bits per heavy atom. The van der Waals surface area contributed by atoms with Gasteiger partial charge in [-0.25, -0.2) is 5.10 Å². The van der Waals surface area contributed by atoms with Gasteiger partial charge in [-0.2, -0.15) is 5.10 Å². The van der Waals surface area contributed by atoms with Crippen molar-refractivity contribution in [3.8, 4) is 23.1 Å². The highest BCUT2D eigenvalue weighted by atomic mass is 16.1. The van der Waals surface area contributed by atoms with Gasteiger partial charge in [0.2, 0.25) is 0 Å². The van der Waals surface area contributed by atoms with Crippen LogP contribution in [0.5, 0.6) is 0 Å². The molecule has 0 spiro atoms. The van der Waals surface area contributed by atoms with Gasteiger partial charge >= 0.3 is 0 Å². The number of nitrogens with zero attached hydrogens (tertiary/aromatic N) is 1. The summed E-state index contributed by atoms with van der Waals surface area (Å²) in [6.07, 6.45) is 0. The molecule has 0 radical (unpaired) electrons. The van der Waals surface area contributed by atoms with Gasteiger partial charge in [0.1, 0.15) is 0 Å². The van der Waals surface area contributed by atoms with Gasteiger partial charge in [0, 0.05) is 22.8 Å². The predicted molar refractivity (Wildman–Crippen MR) is 92.2 cm³/mol. The van der Waals surface area contributed by atoms with Crippen molar-refractivity contribution in [2.45, 2.75) is 13.8 Å². The number of aryl methyl sites for hydroxylation is 2. The van der Waals surface area contributed by atoms with Gasteiger partial charge in [0.05, 0.1) is 5.69 Å². The van der Waals surface area contributed by atoms with Crippen LogP contribution in [-0.2, 0) is 0 Å². The van der Waals surface area contributed by atoms with Crippen molar-refractivity contribution in [1.29, 1.82) is 0 Å². The lowest BCUT2D eigenvalue weighted by Crippen LogP contribution is -2.05. The molecule has 3 aromatic rings. The lowest BCUT2D eigenvalue weighted by atomic mass is 10.0. The van der Waals surface area contributed by atoms with Gasteiger partial charge in [0.15, 0.2) is 0 Å². The van der Waals surface area contributed by atoms with E-state index >= 15 is 0 Å². The summed E-state index contributed by atoms with van der Waals surface area (Å²) < 4.78 is 0. The fourth-order valence-electron chi connectivity index (χ4n) is 2.24. The van der Waals surface area contributed by atoms with Crippen molar-refractivity contribution in [3.63, 3.8) is 0 Å². The molecule has 0 saturated carbocycles. The molecular formula is C20H16N2O. The molecule has 1 heterocycles. The largest absolute Gasteiger partial charge is 0.268 e. The molecule has 3 rings (SSSR count). The number of nitrogens with one attached hydrogen (secondary N) is 1. The topological polar surface area (TPSA) is 45.8 Å². The molecule has 0 aliphatic carbocycles. The normalized spacial score (nSPS) is 10.0. The maximum Gasteiger partial charge on any atom is 0.264 e. The Kier molecular flexibility index (Phi) is 4.07. The maximum atomic E-state index is 11.1. The average molecular weight is 300 g/mol. The second-order valence-electron chi connectivity index (χ2n) is 5.45. The van der Waals surface area contributed by atoms with Crippen LogP contribution in [0.1, 0.15) is 22.3 Å². The quantitative estimate of drug-likeness (QED) is 0.700. The summed E-state index contributed by atoms with van der Waals surface area (Å²) in [4.78, 5) is 11.1. The van der Waals surface area contributed by atoms with Crippen LogP contribution in [0.15, 0.2) is 59.4 Å². The monoisotopic (exact) mass is 300 g/mol. The molecule has 0 aliphatic heterocycles. The summed E-state index contributed by atoms with van der Waals surface area (Å²) in [5, 5.41) is 6.50. The number of rotatable bonds is 1. The van der Waals surface area contributed by atoms with Crippen molar-refractivity contribution < 1.29 is 0 Å². The van der Waals surface area contributed by atoms with Crippen molar-refractivity contribution in [2.24, 2.45) is 0 Å². The van der Waals surface area contributed by atoms with E-state index in [1.807, 2.05) is 37.3 Å². The van der Waals surface area contributed by atoms with Crippen LogP contribution in [0.25, 0.3) is 11.3 Å². The summed E-state index contributed by atoms with van der Waals surface area (Å²) in [7, 11) is 0. The van der Waals surface area contributed by atoms with Crippen LogP contribution in [0.3, 0.4) is 0 Å². The highest BCUT2D eigenvalue weighted by Gasteiger charge is 2.02. The Morgan fingerprint density at radius 2 is 1.70 bits per heavy atom. The van der Waals surface area contributed by atoms with Crippen LogP contribution in [-0.4, -0.2) is 10.2 Å². The molecule has 3 nitrogen and oxygen atoms in total. The van der Waals surface area contributed by atoms with Gasteiger partial charge in [-0.05, 0) is 49.7 Å². The zero-order valence-corrected chi connectivity index (χ0v) is 13.1. The number of aromatic nitrogens is 2. The molecule has 0 saturated heterocycles. The summed E-state index contributed by atoms with van der Waals surface area (Å²) in [5.74, 6) is 6.39. The molecule has 2 aromatic carbocycles. The molecule has 1 N–H and O–H groups in total. The molecular weight excluding hydrogens is 284 g/mol. The van der Waals surface area contributed by atoms with Crippen LogP contribution in [0.4, 0.5) is 0 Å². The van der Waals surface area contributed by atoms with Gasteiger partial charge in [-0.15, -0.1) is 0 Å². The molecule has 0 bridgehead atoms. The fraction of sp³-hybridized carbons (Fsp3) is 0.100. The SMILES string of the molecule is Cc1ccc(C#Cc2ccc(-c3ccc(=O)[nH]n3)cc2C)cc1. The third-order valence-corrected chi connectivity index (χ3v) is 3.59. The van der Waals surface area contributed by atoms with Crippen molar-refractivity contribution in [3.05, 3.63) is 87.2 Å². The van der Waals surface area contributed by atoms with E-state index in [1.165, 1.54) is 11.6 Å². The first-order chi connectivity index (χ1) is 11.1. The first kappa shape index (κ1) is 14.8. The lowest BCUT2D eigenvalue weighted by molar-refractivity contribution is 0.995. The molecule has 0 fully saturated rings. The Bertz CT molecular complexity index is 937. The number of H-pyrrole nitrogens is 1. The summed E-state index contributed by atoms with van der Waals surface area (Å²) in [6.45, 7) is 4.08. The van der Waals surface area contributed by atoms with Crippen LogP contribution < -0.4 is 5.56 Å². The van der Waals surface area contributed by atoms with E-state index in [4.69, 9.17) is 0 Å². The lowest BCUT2D eigenvalue weighted by Gasteiger charge is -2.03. The number of benzene rings is 2. The fourth-order valence-corrected chi connectivity index (χ4v) is 2.24. The molecule has 0 unspecified atom stereocenters. The number of hydrogen-bond acceptors (Lipinski definition) is 2. The predicted octanol–water partition coefficient (Wildman–Crippen LogP) is 3.45. The molecule has 112 valence electrons. The molecule has 1 aromatic heterocycles. The van der Waals surface area contributed by atoms with E-state index < -0.39 is 0 Å². The minimum atomic E-state index is -0.203. The van der Waals surface area contributed by atoms with E-state index in [2.05, 4.69) is 41.1 Å². The van der Waals surface area contributed by atoms with Crippen molar-refractivity contribution in [2.75, 3.05) is 0 Å². The van der Waals surface area contributed by atoms with E-state index in [0.29, 0.717) is 0 Å². The Labute approximate surface area is 135 Å². The maximum absolute atomic E-state index is 11.1. The van der Waals surface area contributed by atoms with Crippen molar-refractivity contribution >= 4 is 0 Å². The minimum absolute atomic E-state index is 0.203. The molecule has 0 aliphatic rings. The highest BCUT2D eigenvalue weighted by molar-refractivity contribution is 5.62. The van der Waals surface area contributed by atoms with E-state index in [1.54, 1.807) is 6.07 Å². The number of aromatic amines is 1. The minimum Gasteiger partial charge on any atom is -0.268 e. The number of hydrogen-bond donors (Lipinski definition) is 1. The standard InChI is InChI=1S/C20H16N2O/c1-14-3-5-16(6-4-14)7-8-17-9-10-18(13-15(17)2)19-11-12-20(23)22-21-19/h3-6,9-13H,1-2H3,(H,22,23). The zero-order chi connectivity index (χ0) is 16.2.